The van der Waals surface area contributed by atoms with Crippen molar-refractivity contribution < 1.29 is 0 Å². The molecule has 100 valence electrons. The number of nitrogens with one attached hydrogen (secondary N) is 1. The van der Waals surface area contributed by atoms with Crippen LogP contribution >= 0.6 is 0 Å². The minimum Gasteiger partial charge on any atom is -0.310 e. The van der Waals surface area contributed by atoms with Gasteiger partial charge in [0.25, 0.3) is 5.56 Å². The number of H-pyrrole nitrogens is 1. The number of aryl methyl sites for hydroxylation is 1. The van der Waals surface area contributed by atoms with E-state index in [1.807, 2.05) is 32.9 Å². The standard InChI is InChI=1S/C16H20N2O/c1-9(2)15-17-14(12(5)16(19)18-15)13-8-6-7-10(3)11(13)4/h6-9H,1-5H3,(H,17,18,19). The summed E-state index contributed by atoms with van der Waals surface area (Å²) in [5.74, 6) is 0.948. The summed E-state index contributed by atoms with van der Waals surface area (Å²) < 4.78 is 0. The monoisotopic (exact) mass is 256 g/mol. The number of benzene rings is 1. The van der Waals surface area contributed by atoms with Crippen LogP contribution in [0.4, 0.5) is 0 Å². The van der Waals surface area contributed by atoms with Crippen LogP contribution in [0.5, 0.6) is 0 Å². The second-order valence-electron chi connectivity index (χ2n) is 5.33. The van der Waals surface area contributed by atoms with E-state index in [-0.39, 0.29) is 11.5 Å². The van der Waals surface area contributed by atoms with E-state index in [1.54, 1.807) is 0 Å². The number of hydrogen-bond acceptors (Lipinski definition) is 2. The van der Waals surface area contributed by atoms with Crippen molar-refractivity contribution in [3.05, 3.63) is 51.1 Å². The van der Waals surface area contributed by atoms with Crippen molar-refractivity contribution in [2.24, 2.45) is 0 Å². The normalized spacial score (nSPS) is 11.1. The fourth-order valence-corrected chi connectivity index (χ4v) is 2.09. The van der Waals surface area contributed by atoms with E-state index in [0.717, 1.165) is 17.1 Å². The maximum absolute atomic E-state index is 12.0. The Balaban J connectivity index is 2.75. The summed E-state index contributed by atoms with van der Waals surface area (Å²) in [5, 5.41) is 0. The van der Waals surface area contributed by atoms with Crippen LogP contribution in [0.25, 0.3) is 11.3 Å². The number of aromatic amines is 1. The molecular weight excluding hydrogens is 236 g/mol. The maximum Gasteiger partial charge on any atom is 0.254 e. The molecule has 0 saturated heterocycles. The van der Waals surface area contributed by atoms with Gasteiger partial charge in [-0.1, -0.05) is 32.0 Å². The van der Waals surface area contributed by atoms with Gasteiger partial charge in [-0.3, -0.25) is 4.79 Å². The Kier molecular flexibility index (Phi) is 3.56. The second kappa shape index (κ2) is 5.00. The smallest absolute Gasteiger partial charge is 0.254 e. The summed E-state index contributed by atoms with van der Waals surface area (Å²) in [6, 6.07) is 6.11. The van der Waals surface area contributed by atoms with Crippen LogP contribution in [-0.2, 0) is 0 Å². The maximum atomic E-state index is 12.0. The van der Waals surface area contributed by atoms with Gasteiger partial charge < -0.3 is 4.98 Å². The van der Waals surface area contributed by atoms with Crippen molar-refractivity contribution >= 4 is 0 Å². The van der Waals surface area contributed by atoms with Gasteiger partial charge in [0.15, 0.2) is 0 Å². The molecular formula is C16H20N2O. The molecule has 0 aliphatic rings. The second-order valence-corrected chi connectivity index (χ2v) is 5.33. The van der Waals surface area contributed by atoms with E-state index in [2.05, 4.69) is 29.9 Å². The molecule has 0 aliphatic heterocycles. The molecule has 0 amide bonds. The molecule has 0 saturated carbocycles. The molecule has 1 N–H and O–H groups in total. The molecule has 2 rings (SSSR count). The van der Waals surface area contributed by atoms with Crippen LogP contribution in [0.2, 0.25) is 0 Å². The molecule has 1 heterocycles. The Bertz CT molecular complexity index is 669. The van der Waals surface area contributed by atoms with Gasteiger partial charge in [-0.05, 0) is 31.9 Å². The summed E-state index contributed by atoms with van der Waals surface area (Å²) in [5.41, 5.74) is 4.87. The predicted molar refractivity (Wildman–Crippen MR) is 78.6 cm³/mol. The van der Waals surface area contributed by atoms with E-state index in [4.69, 9.17) is 0 Å². The van der Waals surface area contributed by atoms with Crippen molar-refractivity contribution in [1.29, 1.82) is 0 Å². The molecule has 0 fully saturated rings. The lowest BCUT2D eigenvalue weighted by Crippen LogP contribution is -2.17. The summed E-state index contributed by atoms with van der Waals surface area (Å²) in [4.78, 5) is 19.5. The molecule has 3 heteroatoms. The van der Waals surface area contributed by atoms with Crippen molar-refractivity contribution in [1.82, 2.24) is 9.97 Å². The lowest BCUT2D eigenvalue weighted by atomic mass is 9.98. The van der Waals surface area contributed by atoms with Crippen LogP contribution in [-0.4, -0.2) is 9.97 Å². The quantitative estimate of drug-likeness (QED) is 0.894. The van der Waals surface area contributed by atoms with Crippen LogP contribution in [0, 0.1) is 20.8 Å². The molecule has 19 heavy (non-hydrogen) atoms. The first kappa shape index (κ1) is 13.5. The Hall–Kier alpha value is -1.90. The molecule has 1 aromatic carbocycles. The molecule has 0 bridgehead atoms. The third kappa shape index (κ3) is 2.46. The van der Waals surface area contributed by atoms with Gasteiger partial charge in [-0.2, -0.15) is 0 Å². The van der Waals surface area contributed by atoms with E-state index in [0.29, 0.717) is 5.56 Å². The molecule has 0 radical (unpaired) electrons. The summed E-state index contributed by atoms with van der Waals surface area (Å²) in [6.07, 6.45) is 0. The largest absolute Gasteiger partial charge is 0.310 e. The van der Waals surface area contributed by atoms with Crippen molar-refractivity contribution in [2.45, 2.75) is 40.5 Å². The predicted octanol–water partition coefficient (Wildman–Crippen LogP) is 3.49. The molecule has 0 spiro atoms. The average molecular weight is 256 g/mol. The number of hydrogen-bond donors (Lipinski definition) is 1. The molecule has 0 unspecified atom stereocenters. The molecule has 1 aromatic heterocycles. The topological polar surface area (TPSA) is 45.8 Å². The van der Waals surface area contributed by atoms with Crippen molar-refractivity contribution in [3.8, 4) is 11.3 Å². The van der Waals surface area contributed by atoms with Crippen LogP contribution < -0.4 is 5.56 Å². The summed E-state index contributed by atoms with van der Waals surface area (Å²) >= 11 is 0. The van der Waals surface area contributed by atoms with Gasteiger partial charge >= 0.3 is 0 Å². The van der Waals surface area contributed by atoms with Gasteiger partial charge in [0.05, 0.1) is 5.69 Å². The fourth-order valence-electron chi connectivity index (χ4n) is 2.09. The van der Waals surface area contributed by atoms with Gasteiger partial charge in [0.1, 0.15) is 5.82 Å². The Morgan fingerprint density at radius 3 is 2.42 bits per heavy atom. The van der Waals surface area contributed by atoms with Gasteiger partial charge in [-0.25, -0.2) is 4.98 Å². The van der Waals surface area contributed by atoms with E-state index in [9.17, 15) is 4.79 Å². The summed E-state index contributed by atoms with van der Waals surface area (Å²) in [6.45, 7) is 10.0. The lowest BCUT2D eigenvalue weighted by Gasteiger charge is -2.13. The SMILES string of the molecule is Cc1cccc(-c2nc(C(C)C)[nH]c(=O)c2C)c1C. The molecule has 0 atom stereocenters. The zero-order chi connectivity index (χ0) is 14.2. The Morgan fingerprint density at radius 2 is 1.79 bits per heavy atom. The summed E-state index contributed by atoms with van der Waals surface area (Å²) in [7, 11) is 0. The highest BCUT2D eigenvalue weighted by atomic mass is 16.1. The van der Waals surface area contributed by atoms with Crippen LogP contribution in [0.1, 0.15) is 42.3 Å². The molecule has 3 nitrogen and oxygen atoms in total. The molecule has 2 aromatic rings. The van der Waals surface area contributed by atoms with Crippen molar-refractivity contribution in [3.63, 3.8) is 0 Å². The third-order valence-corrected chi connectivity index (χ3v) is 3.58. The van der Waals surface area contributed by atoms with E-state index < -0.39 is 0 Å². The first-order chi connectivity index (χ1) is 8.91. The van der Waals surface area contributed by atoms with Crippen molar-refractivity contribution in [2.75, 3.05) is 0 Å². The third-order valence-electron chi connectivity index (χ3n) is 3.58. The first-order valence-electron chi connectivity index (χ1n) is 6.59. The van der Waals surface area contributed by atoms with Crippen LogP contribution in [0.3, 0.4) is 0 Å². The Morgan fingerprint density at radius 1 is 1.11 bits per heavy atom. The minimum absolute atomic E-state index is 0.0467. The highest BCUT2D eigenvalue weighted by Gasteiger charge is 2.13. The number of rotatable bonds is 2. The minimum atomic E-state index is -0.0467. The van der Waals surface area contributed by atoms with Crippen LogP contribution in [0.15, 0.2) is 23.0 Å². The van der Waals surface area contributed by atoms with E-state index >= 15 is 0 Å². The van der Waals surface area contributed by atoms with Gasteiger partial charge in [0.2, 0.25) is 0 Å². The zero-order valence-corrected chi connectivity index (χ0v) is 12.2. The Labute approximate surface area is 113 Å². The molecule has 0 aliphatic carbocycles. The lowest BCUT2D eigenvalue weighted by molar-refractivity contribution is 0.764. The number of nitrogens with zero attached hydrogens (tertiary/aromatic N) is 1. The van der Waals surface area contributed by atoms with Gasteiger partial charge in [-0.15, -0.1) is 0 Å². The first-order valence-corrected chi connectivity index (χ1v) is 6.59. The van der Waals surface area contributed by atoms with Gasteiger partial charge in [0, 0.05) is 17.0 Å². The fraction of sp³-hybridized carbons (Fsp3) is 0.375. The van der Waals surface area contributed by atoms with E-state index in [1.165, 1.54) is 11.1 Å². The highest BCUT2D eigenvalue weighted by Crippen LogP contribution is 2.26. The average Bonchev–Trinajstić information content (AvgIpc) is 2.36. The zero-order valence-electron chi connectivity index (χ0n) is 12.2. The highest BCUT2D eigenvalue weighted by molar-refractivity contribution is 5.67. The number of aromatic nitrogens is 2.